The molecule has 0 spiro atoms. The van der Waals surface area contributed by atoms with Crippen molar-refractivity contribution in [3.05, 3.63) is 35.6 Å². The molecule has 19 heavy (non-hydrogen) atoms. The van der Waals surface area contributed by atoms with E-state index in [0.29, 0.717) is 18.4 Å². The van der Waals surface area contributed by atoms with Crippen LogP contribution < -0.4 is 5.32 Å². The summed E-state index contributed by atoms with van der Waals surface area (Å²) in [5.74, 6) is 0.337. The Morgan fingerprint density at radius 2 is 2.11 bits per heavy atom. The number of benzene rings is 1. The fourth-order valence-corrected chi connectivity index (χ4v) is 2.76. The molecule has 0 bridgehead atoms. The predicted octanol–water partition coefficient (Wildman–Crippen LogP) is 2.14. The van der Waals surface area contributed by atoms with Crippen LogP contribution in [-0.4, -0.2) is 37.0 Å². The number of halogens is 1. The summed E-state index contributed by atoms with van der Waals surface area (Å²) in [6.45, 7) is 3.93. The molecule has 0 saturated carbocycles. The van der Waals surface area contributed by atoms with Gasteiger partial charge in [-0.25, -0.2) is 4.39 Å². The lowest BCUT2D eigenvalue weighted by atomic mass is 9.97. The van der Waals surface area contributed by atoms with E-state index in [1.807, 2.05) is 12.1 Å². The largest absolute Gasteiger partial charge is 0.359 e. The smallest absolute Gasteiger partial charge is 0.221 e. The van der Waals surface area contributed by atoms with Gasteiger partial charge in [0.1, 0.15) is 5.82 Å². The zero-order valence-corrected chi connectivity index (χ0v) is 11.5. The lowest BCUT2D eigenvalue weighted by molar-refractivity contribution is -0.120. The standard InChI is InChI=1S/C15H21FN2O/c1-11-9-13(12-3-5-14(16)6-4-12)10-18(11)8-7-15(19)17-2/h3-6,11,13H,7-10H2,1-2H3,(H,17,19)/t11-,13-/m1/s1. The van der Waals surface area contributed by atoms with Crippen molar-refractivity contribution in [1.82, 2.24) is 10.2 Å². The molecule has 0 unspecified atom stereocenters. The number of likely N-dealkylation sites (tertiary alicyclic amines) is 1. The van der Waals surface area contributed by atoms with Gasteiger partial charge in [-0.15, -0.1) is 0 Å². The molecule has 2 atom stereocenters. The number of carbonyl (C=O) groups excluding carboxylic acids is 1. The van der Waals surface area contributed by atoms with E-state index >= 15 is 0 Å². The van der Waals surface area contributed by atoms with Crippen LogP contribution in [0.15, 0.2) is 24.3 Å². The lowest BCUT2D eigenvalue weighted by Crippen LogP contribution is -2.31. The van der Waals surface area contributed by atoms with Crippen LogP contribution in [-0.2, 0) is 4.79 Å². The van der Waals surface area contributed by atoms with Crippen molar-refractivity contribution >= 4 is 5.91 Å². The van der Waals surface area contributed by atoms with Gasteiger partial charge >= 0.3 is 0 Å². The van der Waals surface area contributed by atoms with Gasteiger partial charge in [-0.1, -0.05) is 12.1 Å². The molecule has 1 aliphatic heterocycles. The summed E-state index contributed by atoms with van der Waals surface area (Å²) in [6, 6.07) is 7.25. The van der Waals surface area contributed by atoms with Gasteiger partial charge in [-0.2, -0.15) is 0 Å². The molecule has 1 aromatic rings. The summed E-state index contributed by atoms with van der Waals surface area (Å²) in [5, 5.41) is 2.65. The molecule has 1 aromatic carbocycles. The average Bonchev–Trinajstić information content (AvgIpc) is 2.78. The van der Waals surface area contributed by atoms with Gasteiger partial charge in [0.25, 0.3) is 0 Å². The normalized spacial score (nSPS) is 23.5. The van der Waals surface area contributed by atoms with Crippen molar-refractivity contribution in [2.24, 2.45) is 0 Å². The van der Waals surface area contributed by atoms with Crippen LogP contribution >= 0.6 is 0 Å². The maximum absolute atomic E-state index is 12.9. The van der Waals surface area contributed by atoms with Gasteiger partial charge in [0.2, 0.25) is 5.91 Å². The second-order valence-corrected chi connectivity index (χ2v) is 5.25. The Morgan fingerprint density at radius 3 is 2.74 bits per heavy atom. The summed E-state index contributed by atoms with van der Waals surface area (Å²) in [4.78, 5) is 13.6. The lowest BCUT2D eigenvalue weighted by Gasteiger charge is -2.20. The van der Waals surface area contributed by atoms with Crippen molar-refractivity contribution in [1.29, 1.82) is 0 Å². The Bertz CT molecular complexity index is 432. The zero-order valence-electron chi connectivity index (χ0n) is 11.5. The van der Waals surface area contributed by atoms with E-state index in [-0.39, 0.29) is 11.7 Å². The third kappa shape index (κ3) is 3.53. The van der Waals surface area contributed by atoms with Gasteiger partial charge in [0, 0.05) is 32.6 Å². The molecule has 2 rings (SSSR count). The number of carbonyl (C=O) groups is 1. The molecule has 104 valence electrons. The van der Waals surface area contributed by atoms with E-state index in [4.69, 9.17) is 0 Å². The number of hydrogen-bond donors (Lipinski definition) is 1. The monoisotopic (exact) mass is 264 g/mol. The van der Waals surface area contributed by atoms with Crippen molar-refractivity contribution in [3.63, 3.8) is 0 Å². The molecule has 1 saturated heterocycles. The molecule has 0 aromatic heterocycles. The molecule has 1 N–H and O–H groups in total. The minimum atomic E-state index is -0.189. The molecule has 3 nitrogen and oxygen atoms in total. The molecule has 1 aliphatic rings. The first-order valence-electron chi connectivity index (χ1n) is 6.80. The van der Waals surface area contributed by atoms with E-state index in [1.54, 1.807) is 7.05 Å². The number of rotatable bonds is 4. The van der Waals surface area contributed by atoms with Crippen LogP contribution in [0.4, 0.5) is 4.39 Å². The molecule has 1 heterocycles. The molecule has 1 fully saturated rings. The van der Waals surface area contributed by atoms with Crippen molar-refractivity contribution in [3.8, 4) is 0 Å². The SMILES string of the molecule is CNC(=O)CCN1C[C@H](c2ccc(F)cc2)C[C@H]1C. The van der Waals surface area contributed by atoms with Crippen LogP contribution in [0.25, 0.3) is 0 Å². The summed E-state index contributed by atoms with van der Waals surface area (Å²) in [5.41, 5.74) is 1.19. The van der Waals surface area contributed by atoms with E-state index in [9.17, 15) is 9.18 Å². The summed E-state index contributed by atoms with van der Waals surface area (Å²) >= 11 is 0. The summed E-state index contributed by atoms with van der Waals surface area (Å²) in [7, 11) is 1.66. The third-order valence-electron chi connectivity index (χ3n) is 3.95. The maximum atomic E-state index is 12.9. The zero-order chi connectivity index (χ0) is 13.8. The quantitative estimate of drug-likeness (QED) is 0.903. The molecular formula is C15H21FN2O. The van der Waals surface area contributed by atoms with Crippen LogP contribution in [0.1, 0.15) is 31.2 Å². The second-order valence-electron chi connectivity index (χ2n) is 5.25. The highest BCUT2D eigenvalue weighted by atomic mass is 19.1. The minimum Gasteiger partial charge on any atom is -0.359 e. The van der Waals surface area contributed by atoms with Crippen LogP contribution in [0, 0.1) is 5.82 Å². The predicted molar refractivity (Wildman–Crippen MR) is 73.5 cm³/mol. The van der Waals surface area contributed by atoms with E-state index in [1.165, 1.54) is 17.7 Å². The number of hydrogen-bond acceptors (Lipinski definition) is 2. The van der Waals surface area contributed by atoms with Gasteiger partial charge in [0.05, 0.1) is 0 Å². The molecule has 1 amide bonds. The van der Waals surface area contributed by atoms with Gasteiger partial charge in [-0.05, 0) is 37.0 Å². The summed E-state index contributed by atoms with van der Waals surface area (Å²) < 4.78 is 12.9. The fraction of sp³-hybridized carbons (Fsp3) is 0.533. The maximum Gasteiger partial charge on any atom is 0.221 e. The molecule has 0 radical (unpaired) electrons. The van der Waals surface area contributed by atoms with Crippen LogP contribution in [0.5, 0.6) is 0 Å². The fourth-order valence-electron chi connectivity index (χ4n) is 2.76. The Labute approximate surface area is 113 Å². The Kier molecular flexibility index (Phi) is 4.53. The molecule has 0 aliphatic carbocycles. The summed E-state index contributed by atoms with van der Waals surface area (Å²) in [6.07, 6.45) is 1.61. The third-order valence-corrected chi connectivity index (χ3v) is 3.95. The van der Waals surface area contributed by atoms with Crippen molar-refractivity contribution in [2.75, 3.05) is 20.1 Å². The average molecular weight is 264 g/mol. The van der Waals surface area contributed by atoms with Gasteiger partial charge in [0.15, 0.2) is 0 Å². The minimum absolute atomic E-state index is 0.0810. The van der Waals surface area contributed by atoms with Crippen LogP contribution in [0.2, 0.25) is 0 Å². The van der Waals surface area contributed by atoms with Crippen molar-refractivity contribution < 1.29 is 9.18 Å². The van der Waals surface area contributed by atoms with Gasteiger partial charge in [-0.3, -0.25) is 9.69 Å². The Hall–Kier alpha value is -1.42. The van der Waals surface area contributed by atoms with Crippen molar-refractivity contribution in [2.45, 2.75) is 31.7 Å². The molecular weight excluding hydrogens is 243 g/mol. The Morgan fingerprint density at radius 1 is 1.42 bits per heavy atom. The van der Waals surface area contributed by atoms with E-state index in [2.05, 4.69) is 17.1 Å². The topological polar surface area (TPSA) is 32.3 Å². The van der Waals surface area contributed by atoms with E-state index in [0.717, 1.165) is 19.5 Å². The van der Waals surface area contributed by atoms with Crippen LogP contribution in [0.3, 0.4) is 0 Å². The number of nitrogens with one attached hydrogen (secondary N) is 1. The molecule has 4 heteroatoms. The number of amides is 1. The first-order valence-corrected chi connectivity index (χ1v) is 6.80. The number of nitrogens with zero attached hydrogens (tertiary/aromatic N) is 1. The van der Waals surface area contributed by atoms with E-state index < -0.39 is 0 Å². The Balaban J connectivity index is 1.93. The highest BCUT2D eigenvalue weighted by Crippen LogP contribution is 2.31. The highest BCUT2D eigenvalue weighted by molar-refractivity contribution is 5.75. The first kappa shape index (κ1) is 14.0. The highest BCUT2D eigenvalue weighted by Gasteiger charge is 2.29. The first-order chi connectivity index (χ1) is 9.10. The second kappa shape index (κ2) is 6.15. The van der Waals surface area contributed by atoms with Gasteiger partial charge < -0.3 is 5.32 Å².